The second kappa shape index (κ2) is 28.9. The van der Waals surface area contributed by atoms with Gasteiger partial charge in [-0.15, -0.1) is 0 Å². The minimum Gasteiger partial charge on any atom is -0.494 e. The average Bonchev–Trinajstić information content (AvgIpc) is 3.36. The second-order valence-corrected chi connectivity index (χ2v) is 16.1. The smallest absolute Gasteiger partial charge is 0.343 e. The summed E-state index contributed by atoms with van der Waals surface area (Å²) < 4.78 is 43.3. The van der Waals surface area contributed by atoms with E-state index in [1.54, 1.807) is 68.6 Å². The number of unbranched alkanes of at least 4 members (excludes halogenated alkanes) is 4. The van der Waals surface area contributed by atoms with Gasteiger partial charge in [-0.1, -0.05) is 19.6 Å². The molecule has 0 saturated carbocycles. The molecule has 0 heterocycles. The normalized spacial score (nSPS) is 10.7. The maximum atomic E-state index is 12.8. The van der Waals surface area contributed by atoms with Gasteiger partial charge in [0.25, 0.3) is 0 Å². The highest BCUT2D eigenvalue weighted by Crippen LogP contribution is 2.23. The molecule has 0 spiro atoms. The zero-order valence-electron chi connectivity index (χ0n) is 39.9. The summed E-state index contributed by atoms with van der Waals surface area (Å²) in [6.45, 7) is 11.8. The fourth-order valence-electron chi connectivity index (χ4n) is 6.10. The van der Waals surface area contributed by atoms with Crippen LogP contribution in [0.5, 0.6) is 34.5 Å². The minimum absolute atomic E-state index is 0.143. The molecule has 15 nitrogen and oxygen atoms in total. The number of aliphatic imine (C=N–C) groups is 1. The molecule has 5 aromatic rings. The number of hydrogen-bond acceptors (Lipinski definition) is 15. The van der Waals surface area contributed by atoms with E-state index in [1.165, 1.54) is 48.5 Å². The van der Waals surface area contributed by atoms with Gasteiger partial charge in [0.15, 0.2) is 0 Å². The van der Waals surface area contributed by atoms with Crippen LogP contribution >= 0.6 is 0 Å². The topological polar surface area (TPSA) is 189 Å². The summed E-state index contributed by atoms with van der Waals surface area (Å²) in [5, 5.41) is 0. The highest BCUT2D eigenvalue weighted by Gasteiger charge is 2.14. The van der Waals surface area contributed by atoms with E-state index < -0.39 is 23.9 Å². The van der Waals surface area contributed by atoms with Crippen molar-refractivity contribution in [3.63, 3.8) is 0 Å². The molecule has 0 amide bonds. The summed E-state index contributed by atoms with van der Waals surface area (Å²) in [6, 6.07) is 32.8. The fraction of sp³-hybridized carbons (Fsp3) is 0.268. The van der Waals surface area contributed by atoms with E-state index in [1.807, 2.05) is 24.3 Å². The van der Waals surface area contributed by atoms with Crippen LogP contribution in [-0.4, -0.2) is 68.5 Å². The maximum absolute atomic E-state index is 12.8. The highest BCUT2D eigenvalue weighted by molar-refractivity contribution is 5.92. The van der Waals surface area contributed by atoms with Gasteiger partial charge in [-0.2, -0.15) is 0 Å². The summed E-state index contributed by atoms with van der Waals surface area (Å²) in [7, 11) is 0. The number of carbonyl (C=O) groups is 6. The zero-order chi connectivity index (χ0) is 50.8. The largest absolute Gasteiger partial charge is 0.494 e. The molecule has 0 fully saturated rings. The number of ether oxygens (including phenoxy) is 8. The predicted molar refractivity (Wildman–Crippen MR) is 265 cm³/mol. The summed E-state index contributed by atoms with van der Waals surface area (Å²) in [4.78, 5) is 77.7. The van der Waals surface area contributed by atoms with Crippen molar-refractivity contribution < 1.29 is 66.7 Å². The lowest BCUT2D eigenvalue weighted by Gasteiger charge is -2.09. The first-order valence-corrected chi connectivity index (χ1v) is 23.1. The molecule has 370 valence electrons. The van der Waals surface area contributed by atoms with Crippen molar-refractivity contribution in [1.82, 2.24) is 0 Å². The van der Waals surface area contributed by atoms with E-state index in [0.717, 1.165) is 17.7 Å². The van der Waals surface area contributed by atoms with Gasteiger partial charge in [0.1, 0.15) is 34.5 Å². The van der Waals surface area contributed by atoms with E-state index in [4.69, 9.17) is 37.9 Å². The average molecular weight is 968 g/mol. The van der Waals surface area contributed by atoms with E-state index in [2.05, 4.69) is 18.2 Å². The minimum atomic E-state index is -0.640. The second-order valence-electron chi connectivity index (χ2n) is 16.1. The monoisotopic (exact) mass is 967 g/mol. The van der Waals surface area contributed by atoms with Gasteiger partial charge in [0, 0.05) is 30.2 Å². The van der Waals surface area contributed by atoms with Gasteiger partial charge >= 0.3 is 35.8 Å². The molecular formula is C56H57NO14. The fourth-order valence-corrected chi connectivity index (χ4v) is 6.10. The van der Waals surface area contributed by atoms with E-state index in [-0.39, 0.29) is 54.2 Å². The maximum Gasteiger partial charge on any atom is 0.343 e. The quantitative estimate of drug-likeness (QED) is 0.0151. The third kappa shape index (κ3) is 20.0. The highest BCUT2D eigenvalue weighted by atomic mass is 16.6. The lowest BCUT2D eigenvalue weighted by molar-refractivity contribution is -0.139. The standard InChI is InChI=1S/C56H57NO14/c1-39(2)53(60)66-36-10-8-34-64-45-24-16-42(17-25-45)55(62)70-49-30-32-50(33-31-49)71-56(63)43-18-26-48(27-19-43)69-52(59)13-7-5-6-12-51(58)68-47-22-14-41(15-23-47)38-57-44-20-28-46(29-21-44)65-35-9-11-37-67-54(61)40(3)4/h14-33,38H,1,3,5-13,34-37H2,2,4H3. The predicted octanol–water partition coefficient (Wildman–Crippen LogP) is 10.9. The van der Waals surface area contributed by atoms with E-state index in [0.29, 0.717) is 92.3 Å². The molecule has 0 unspecified atom stereocenters. The number of nitrogens with zero attached hydrogens (tertiary/aromatic N) is 1. The number of hydrogen-bond donors (Lipinski definition) is 0. The van der Waals surface area contributed by atoms with Gasteiger partial charge in [0.2, 0.25) is 0 Å². The van der Waals surface area contributed by atoms with Crippen molar-refractivity contribution in [2.45, 2.75) is 71.6 Å². The molecular weight excluding hydrogens is 911 g/mol. The Kier molecular flexibility index (Phi) is 21.8. The molecule has 5 rings (SSSR count). The molecule has 0 aliphatic carbocycles. The van der Waals surface area contributed by atoms with Crippen molar-refractivity contribution in [2.24, 2.45) is 4.99 Å². The van der Waals surface area contributed by atoms with Gasteiger partial charge in [-0.3, -0.25) is 14.6 Å². The van der Waals surface area contributed by atoms with Crippen molar-refractivity contribution in [1.29, 1.82) is 0 Å². The Hall–Kier alpha value is -8.33. The Bertz CT molecular complexity index is 2600. The Labute approximate surface area is 413 Å². The summed E-state index contributed by atoms with van der Waals surface area (Å²) in [5.74, 6) is -0.408. The first kappa shape index (κ1) is 53.6. The number of carbonyl (C=O) groups excluding carboxylic acids is 6. The molecule has 0 aromatic heterocycles. The Morgan fingerprint density at radius 1 is 0.423 bits per heavy atom. The van der Waals surface area contributed by atoms with Crippen molar-refractivity contribution in [3.05, 3.63) is 162 Å². The summed E-state index contributed by atoms with van der Waals surface area (Å²) >= 11 is 0. The van der Waals surface area contributed by atoms with Crippen LogP contribution in [0.4, 0.5) is 5.69 Å². The van der Waals surface area contributed by atoms with Crippen LogP contribution in [0.2, 0.25) is 0 Å². The molecule has 15 heteroatoms. The number of esters is 6. The van der Waals surface area contributed by atoms with Crippen LogP contribution in [0.25, 0.3) is 0 Å². The first-order chi connectivity index (χ1) is 34.3. The lowest BCUT2D eigenvalue weighted by Crippen LogP contribution is -2.10. The van der Waals surface area contributed by atoms with Gasteiger partial charge in [0.05, 0.1) is 43.2 Å². The van der Waals surface area contributed by atoms with Gasteiger partial charge in [-0.05, 0) is 179 Å². The molecule has 0 aliphatic rings. The van der Waals surface area contributed by atoms with Gasteiger partial charge in [-0.25, -0.2) is 19.2 Å². The molecule has 0 radical (unpaired) electrons. The SMILES string of the molecule is C=C(C)C(=O)OCCCCOc1ccc(N=Cc2ccc(OC(=O)CCCCCC(=O)Oc3ccc(C(=O)Oc4ccc(OC(=O)c5ccc(OCCCCOC(=O)C(=C)C)cc5)cc4)cc3)cc2)cc1. The molecule has 71 heavy (non-hydrogen) atoms. The first-order valence-electron chi connectivity index (χ1n) is 23.1. The van der Waals surface area contributed by atoms with Crippen LogP contribution in [0, 0.1) is 0 Å². The molecule has 5 aromatic carbocycles. The van der Waals surface area contributed by atoms with Crippen LogP contribution in [0.3, 0.4) is 0 Å². The zero-order valence-corrected chi connectivity index (χ0v) is 39.9. The van der Waals surface area contributed by atoms with E-state index >= 15 is 0 Å². The van der Waals surface area contributed by atoms with E-state index in [9.17, 15) is 28.8 Å². The van der Waals surface area contributed by atoms with Crippen molar-refractivity contribution >= 4 is 47.7 Å². The van der Waals surface area contributed by atoms with Crippen molar-refractivity contribution in [2.75, 3.05) is 26.4 Å². The van der Waals surface area contributed by atoms with Crippen LogP contribution in [0.15, 0.2) is 151 Å². The Morgan fingerprint density at radius 3 is 1.20 bits per heavy atom. The van der Waals surface area contributed by atoms with Crippen LogP contribution < -0.4 is 28.4 Å². The molecule has 0 bridgehead atoms. The van der Waals surface area contributed by atoms with Gasteiger partial charge < -0.3 is 37.9 Å². The summed E-state index contributed by atoms with van der Waals surface area (Å²) in [6.07, 6.45) is 6.44. The number of rotatable bonds is 28. The van der Waals surface area contributed by atoms with Crippen LogP contribution in [-0.2, 0) is 28.7 Å². The Morgan fingerprint density at radius 2 is 0.775 bits per heavy atom. The number of benzene rings is 5. The third-order valence-electron chi connectivity index (χ3n) is 10.0. The molecule has 0 atom stereocenters. The lowest BCUT2D eigenvalue weighted by atomic mass is 10.1. The Balaban J connectivity index is 0.907. The summed E-state index contributed by atoms with van der Waals surface area (Å²) in [5.41, 5.74) is 2.84. The molecule has 0 saturated heterocycles. The van der Waals surface area contributed by atoms with Crippen LogP contribution in [0.1, 0.15) is 97.9 Å². The molecule has 0 aliphatic heterocycles. The van der Waals surface area contributed by atoms with Crippen molar-refractivity contribution in [3.8, 4) is 34.5 Å². The third-order valence-corrected chi connectivity index (χ3v) is 10.0. The molecule has 0 N–H and O–H groups in total.